The number of aliphatic carboxylic acids is 1. The monoisotopic (exact) mass is 561 g/mol. The maximum atomic E-state index is 15.2. The SMILES string of the molecule is C=C1/C=C(/N2CCC3(CC2)CC3)NC(C)/C(C(NC2=CC=CNC2C(=O)O)C(C)(F)F)=C\C(C)=C/N1.CC.CC. The molecule has 0 aromatic heterocycles. The standard InChI is InChI=1S/C27H37F2N5O2.2C2H6/c1-17-14-20(24(26(4,28)29)33-21-6-5-11-30-23(21)25(35)36)19(3)32-22(15-18(2)31-16-17)34-12-9-27(7-8-27)10-13-34;2*1-2/h5-6,11,14-16,19,23-24,30-33H,2,7-10,12-13H2,1,3-4H3,(H,35,36);2*1-2H3/b17-16-,20-14+,22-15+;;. The van der Waals surface area contributed by atoms with Crippen LogP contribution >= 0.6 is 0 Å². The number of hydrogen-bond donors (Lipinski definition) is 5. The largest absolute Gasteiger partial charge is 0.479 e. The number of rotatable bonds is 6. The summed E-state index contributed by atoms with van der Waals surface area (Å²) < 4.78 is 30.3. The number of carboxylic acid groups (broad SMARTS) is 1. The smallest absolute Gasteiger partial charge is 0.332 e. The second-order valence-electron chi connectivity index (χ2n) is 10.5. The van der Waals surface area contributed by atoms with Crippen LogP contribution in [0.4, 0.5) is 8.78 Å². The molecule has 40 heavy (non-hydrogen) atoms. The summed E-state index contributed by atoms with van der Waals surface area (Å²) in [5.41, 5.74) is 2.56. The first-order valence-corrected chi connectivity index (χ1v) is 14.5. The molecule has 1 saturated carbocycles. The molecule has 0 amide bonds. The summed E-state index contributed by atoms with van der Waals surface area (Å²) in [6.45, 7) is 18.5. The minimum absolute atomic E-state index is 0.177. The van der Waals surface area contributed by atoms with Crippen LogP contribution in [0.5, 0.6) is 0 Å². The number of piperidine rings is 1. The van der Waals surface area contributed by atoms with E-state index in [0.29, 0.717) is 16.7 Å². The third-order valence-electron chi connectivity index (χ3n) is 7.52. The number of halogens is 2. The van der Waals surface area contributed by atoms with Crippen LogP contribution in [0.25, 0.3) is 0 Å². The highest BCUT2D eigenvalue weighted by atomic mass is 19.3. The molecule has 0 aromatic rings. The Labute approximate surface area is 239 Å². The summed E-state index contributed by atoms with van der Waals surface area (Å²) in [7, 11) is 0. The number of carbonyl (C=O) groups is 1. The van der Waals surface area contributed by atoms with E-state index in [4.69, 9.17) is 0 Å². The third-order valence-corrected chi connectivity index (χ3v) is 7.52. The van der Waals surface area contributed by atoms with Gasteiger partial charge in [0.25, 0.3) is 5.92 Å². The quantitative estimate of drug-likeness (QED) is 0.282. The fraction of sp³-hybridized carbons (Fsp3) is 0.581. The van der Waals surface area contributed by atoms with Crippen molar-refractivity contribution in [1.29, 1.82) is 0 Å². The zero-order valence-electron chi connectivity index (χ0n) is 25.2. The van der Waals surface area contributed by atoms with Crippen LogP contribution in [-0.4, -0.2) is 53.1 Å². The first-order chi connectivity index (χ1) is 19.0. The van der Waals surface area contributed by atoms with Crippen molar-refractivity contribution in [3.8, 4) is 0 Å². The number of alkyl halides is 2. The van der Waals surface area contributed by atoms with Gasteiger partial charge in [-0.3, -0.25) is 0 Å². The van der Waals surface area contributed by atoms with E-state index in [1.165, 1.54) is 25.1 Å². The molecule has 1 spiro atoms. The van der Waals surface area contributed by atoms with Gasteiger partial charge in [-0.1, -0.05) is 40.3 Å². The van der Waals surface area contributed by atoms with Gasteiger partial charge in [-0.05, 0) is 74.4 Å². The first kappa shape index (κ1) is 33.0. The highest BCUT2D eigenvalue weighted by Gasteiger charge is 2.45. The molecule has 4 aliphatic rings. The van der Waals surface area contributed by atoms with E-state index >= 15 is 8.78 Å². The molecule has 9 heteroatoms. The summed E-state index contributed by atoms with van der Waals surface area (Å²) in [6.07, 6.45) is 14.9. The van der Waals surface area contributed by atoms with Crippen molar-refractivity contribution in [2.24, 2.45) is 5.41 Å². The number of hydrogen-bond acceptors (Lipinski definition) is 6. The molecule has 3 atom stereocenters. The summed E-state index contributed by atoms with van der Waals surface area (Å²) in [6, 6.07) is -3.05. The van der Waals surface area contributed by atoms with Crippen molar-refractivity contribution in [3.63, 3.8) is 0 Å². The van der Waals surface area contributed by atoms with Crippen molar-refractivity contribution in [1.82, 2.24) is 26.2 Å². The Morgan fingerprint density at radius 2 is 1.80 bits per heavy atom. The van der Waals surface area contributed by atoms with Crippen LogP contribution in [0.2, 0.25) is 0 Å². The van der Waals surface area contributed by atoms with Crippen LogP contribution in [0.3, 0.4) is 0 Å². The maximum Gasteiger partial charge on any atom is 0.332 e. The Hall–Kier alpha value is -3.23. The van der Waals surface area contributed by atoms with Gasteiger partial charge >= 0.3 is 5.97 Å². The van der Waals surface area contributed by atoms with Gasteiger partial charge in [0.15, 0.2) is 6.04 Å². The Morgan fingerprint density at radius 3 is 2.35 bits per heavy atom. The van der Waals surface area contributed by atoms with Gasteiger partial charge in [0.2, 0.25) is 0 Å². The molecular weight excluding hydrogens is 512 g/mol. The minimum Gasteiger partial charge on any atom is -0.479 e. The molecule has 1 aliphatic carbocycles. The second kappa shape index (κ2) is 14.4. The number of carboxylic acids is 1. The topological polar surface area (TPSA) is 88.7 Å². The van der Waals surface area contributed by atoms with Gasteiger partial charge in [0.1, 0.15) is 11.9 Å². The molecule has 7 nitrogen and oxygen atoms in total. The lowest BCUT2D eigenvalue weighted by molar-refractivity contribution is -0.138. The van der Waals surface area contributed by atoms with Gasteiger partial charge in [-0.15, -0.1) is 0 Å². The van der Waals surface area contributed by atoms with Crippen molar-refractivity contribution in [2.75, 3.05) is 13.1 Å². The molecule has 3 unspecified atom stereocenters. The number of dihydropyridines is 1. The lowest BCUT2D eigenvalue weighted by Gasteiger charge is -2.39. The van der Waals surface area contributed by atoms with Crippen LogP contribution < -0.4 is 21.3 Å². The molecule has 0 aromatic carbocycles. The van der Waals surface area contributed by atoms with Crippen molar-refractivity contribution >= 4 is 5.97 Å². The van der Waals surface area contributed by atoms with E-state index in [1.54, 1.807) is 18.4 Å². The minimum atomic E-state index is -3.18. The zero-order valence-corrected chi connectivity index (χ0v) is 25.2. The predicted molar refractivity (Wildman–Crippen MR) is 159 cm³/mol. The van der Waals surface area contributed by atoms with E-state index in [0.717, 1.165) is 44.2 Å². The summed E-state index contributed by atoms with van der Waals surface area (Å²) >= 11 is 0. The molecular formula is C31H49F2N5O2. The van der Waals surface area contributed by atoms with Gasteiger partial charge in [-0.2, -0.15) is 0 Å². The van der Waals surface area contributed by atoms with Gasteiger partial charge in [0, 0.05) is 49.7 Å². The lowest BCUT2D eigenvalue weighted by Crippen LogP contribution is -2.53. The van der Waals surface area contributed by atoms with Crippen LogP contribution in [0.1, 0.15) is 74.1 Å². The fourth-order valence-corrected chi connectivity index (χ4v) is 5.10. The number of nitrogens with one attached hydrogen (secondary N) is 4. The van der Waals surface area contributed by atoms with Crippen LogP contribution in [0, 0.1) is 5.41 Å². The molecule has 2 fully saturated rings. The van der Waals surface area contributed by atoms with E-state index in [1.807, 2.05) is 47.6 Å². The van der Waals surface area contributed by atoms with E-state index < -0.39 is 30.0 Å². The van der Waals surface area contributed by atoms with E-state index in [9.17, 15) is 9.90 Å². The van der Waals surface area contributed by atoms with Gasteiger partial charge < -0.3 is 31.3 Å². The normalized spacial score (nSPS) is 28.3. The zero-order chi connectivity index (χ0) is 30.1. The lowest BCUT2D eigenvalue weighted by atomic mass is 9.92. The summed E-state index contributed by atoms with van der Waals surface area (Å²) in [5.74, 6) is -3.48. The predicted octanol–water partition coefficient (Wildman–Crippen LogP) is 5.75. The molecule has 0 radical (unpaired) electrons. The molecule has 1 saturated heterocycles. The van der Waals surface area contributed by atoms with Gasteiger partial charge in [-0.25, -0.2) is 13.6 Å². The fourth-order valence-electron chi connectivity index (χ4n) is 5.10. The van der Waals surface area contributed by atoms with E-state index in [-0.39, 0.29) is 5.70 Å². The highest BCUT2D eigenvalue weighted by Crippen LogP contribution is 2.53. The maximum absolute atomic E-state index is 15.2. The Bertz CT molecular complexity index is 1040. The first-order valence-electron chi connectivity index (χ1n) is 14.5. The van der Waals surface area contributed by atoms with Crippen molar-refractivity contribution in [3.05, 3.63) is 71.6 Å². The number of nitrogens with zero attached hydrogens (tertiary/aromatic N) is 1. The average molecular weight is 562 g/mol. The molecule has 224 valence electrons. The number of likely N-dealkylation sites (tertiary alicyclic amines) is 1. The van der Waals surface area contributed by atoms with Crippen LogP contribution in [0.15, 0.2) is 71.6 Å². The summed E-state index contributed by atoms with van der Waals surface area (Å²) in [5, 5.41) is 21.8. The Balaban J connectivity index is 0.00000134. The summed E-state index contributed by atoms with van der Waals surface area (Å²) in [4.78, 5) is 14.0. The average Bonchev–Trinajstić information content (AvgIpc) is 3.69. The Kier molecular flexibility index (Phi) is 11.9. The van der Waals surface area contributed by atoms with E-state index in [2.05, 4.69) is 32.7 Å². The molecule has 0 bridgehead atoms. The van der Waals surface area contributed by atoms with Crippen LogP contribution in [-0.2, 0) is 4.79 Å². The molecule has 3 heterocycles. The Morgan fingerprint density at radius 1 is 1.18 bits per heavy atom. The highest BCUT2D eigenvalue weighted by molar-refractivity contribution is 5.78. The molecule has 3 aliphatic heterocycles. The molecule has 4 rings (SSSR count). The van der Waals surface area contributed by atoms with Crippen molar-refractivity contribution in [2.45, 2.75) is 98.2 Å². The molecule has 5 N–H and O–H groups in total. The van der Waals surface area contributed by atoms with Gasteiger partial charge in [0.05, 0.1) is 0 Å². The number of allylic oxidation sites excluding steroid dienone is 5. The third kappa shape index (κ3) is 8.63. The van der Waals surface area contributed by atoms with Crippen molar-refractivity contribution < 1.29 is 18.7 Å². The second-order valence-corrected chi connectivity index (χ2v) is 10.5.